The van der Waals surface area contributed by atoms with Gasteiger partial charge in [-0.25, -0.2) is 13.1 Å². The van der Waals surface area contributed by atoms with Crippen LogP contribution in [0.15, 0.2) is 27.6 Å². The Hall–Kier alpha value is -0.340. The number of halogens is 2. The molecule has 0 radical (unpaired) electrons. The van der Waals surface area contributed by atoms with Gasteiger partial charge in [0.1, 0.15) is 5.75 Å². The Morgan fingerprint density at radius 3 is 2.73 bits per heavy atom. The van der Waals surface area contributed by atoms with E-state index in [1.807, 2.05) is 6.92 Å². The highest BCUT2D eigenvalue weighted by molar-refractivity contribution is 9.10. The third kappa shape index (κ3) is 4.58. The molecule has 8 heteroatoms. The maximum absolute atomic E-state index is 12.5. The third-order valence-corrected chi connectivity index (χ3v) is 5.89. The van der Waals surface area contributed by atoms with Gasteiger partial charge >= 0.3 is 0 Å². The SMILES string of the molecule is CCOc1ccc(S(=O)(=O)NC2CCCC2CN)cc1Br.Cl. The van der Waals surface area contributed by atoms with Crippen molar-refractivity contribution in [2.45, 2.75) is 37.1 Å². The van der Waals surface area contributed by atoms with Crippen LogP contribution in [0.4, 0.5) is 0 Å². The Balaban J connectivity index is 0.00000242. The smallest absolute Gasteiger partial charge is 0.240 e. The molecule has 1 aromatic rings. The van der Waals surface area contributed by atoms with E-state index in [4.69, 9.17) is 10.5 Å². The van der Waals surface area contributed by atoms with Crippen molar-refractivity contribution in [3.05, 3.63) is 22.7 Å². The highest BCUT2D eigenvalue weighted by Gasteiger charge is 2.30. The zero-order chi connectivity index (χ0) is 15.5. The molecule has 126 valence electrons. The monoisotopic (exact) mass is 412 g/mol. The van der Waals surface area contributed by atoms with Crippen LogP contribution in [-0.4, -0.2) is 27.6 Å². The van der Waals surface area contributed by atoms with E-state index in [9.17, 15) is 8.42 Å². The van der Waals surface area contributed by atoms with Crippen LogP contribution in [0, 0.1) is 5.92 Å². The van der Waals surface area contributed by atoms with Crippen LogP contribution >= 0.6 is 28.3 Å². The Morgan fingerprint density at radius 1 is 1.41 bits per heavy atom. The molecule has 1 fully saturated rings. The number of benzene rings is 1. The Kier molecular flexibility index (Phi) is 7.61. The van der Waals surface area contributed by atoms with Crippen LogP contribution < -0.4 is 15.2 Å². The number of hydrogen-bond acceptors (Lipinski definition) is 4. The topological polar surface area (TPSA) is 81.4 Å². The van der Waals surface area contributed by atoms with Gasteiger partial charge in [0, 0.05) is 6.04 Å². The van der Waals surface area contributed by atoms with E-state index in [0.717, 1.165) is 19.3 Å². The van der Waals surface area contributed by atoms with Crippen molar-refractivity contribution in [1.82, 2.24) is 4.72 Å². The van der Waals surface area contributed by atoms with Gasteiger partial charge in [-0.3, -0.25) is 0 Å². The molecule has 1 saturated carbocycles. The predicted octanol–water partition coefficient (Wildman–Crippen LogP) is 2.68. The van der Waals surface area contributed by atoms with Crippen LogP contribution in [-0.2, 0) is 10.0 Å². The fraction of sp³-hybridized carbons (Fsp3) is 0.571. The van der Waals surface area contributed by atoms with Gasteiger partial charge in [0.05, 0.1) is 16.0 Å². The van der Waals surface area contributed by atoms with Gasteiger partial charge in [-0.2, -0.15) is 0 Å². The molecule has 22 heavy (non-hydrogen) atoms. The van der Waals surface area contributed by atoms with Crippen molar-refractivity contribution < 1.29 is 13.2 Å². The van der Waals surface area contributed by atoms with Crippen LogP contribution in [0.2, 0.25) is 0 Å². The average Bonchev–Trinajstić information content (AvgIpc) is 2.87. The summed E-state index contributed by atoms with van der Waals surface area (Å²) in [4.78, 5) is 0.237. The van der Waals surface area contributed by atoms with Gasteiger partial charge in [-0.15, -0.1) is 12.4 Å². The molecule has 0 aliphatic heterocycles. The first-order valence-corrected chi connectivity index (χ1v) is 9.40. The normalized spacial score (nSPS) is 21.4. The quantitative estimate of drug-likeness (QED) is 0.751. The molecule has 0 aromatic heterocycles. The summed E-state index contributed by atoms with van der Waals surface area (Å²) in [5, 5.41) is 0. The number of nitrogens with two attached hydrogens (primary N) is 1. The standard InChI is InChI=1S/C14H21BrN2O3S.ClH/c1-2-20-14-7-6-11(8-12(14)15)21(18,19)17-13-5-3-4-10(13)9-16;/h6-8,10,13,17H,2-5,9,16H2,1H3;1H. The fourth-order valence-corrected chi connectivity index (χ4v) is 4.67. The van der Waals surface area contributed by atoms with Crippen molar-refractivity contribution >= 4 is 38.4 Å². The summed E-state index contributed by atoms with van der Waals surface area (Å²) < 4.78 is 33.7. The lowest BCUT2D eigenvalue weighted by molar-refractivity contribution is 0.338. The number of hydrogen-bond donors (Lipinski definition) is 2. The molecule has 1 aliphatic rings. The summed E-state index contributed by atoms with van der Waals surface area (Å²) in [6.07, 6.45) is 2.85. The summed E-state index contributed by atoms with van der Waals surface area (Å²) in [7, 11) is -3.53. The fourth-order valence-electron chi connectivity index (χ4n) is 2.66. The molecular formula is C14H22BrClN2O3S. The number of nitrogens with one attached hydrogen (secondary N) is 1. The number of ether oxygens (including phenoxy) is 1. The van der Waals surface area contributed by atoms with Crippen LogP contribution in [0.5, 0.6) is 5.75 Å². The molecule has 0 saturated heterocycles. The molecule has 1 aliphatic carbocycles. The van der Waals surface area contributed by atoms with Crippen molar-refractivity contribution in [2.75, 3.05) is 13.2 Å². The summed E-state index contributed by atoms with van der Waals surface area (Å²) in [6.45, 7) is 2.93. The molecule has 0 bridgehead atoms. The van der Waals surface area contributed by atoms with Crippen molar-refractivity contribution in [3.8, 4) is 5.75 Å². The number of sulfonamides is 1. The third-order valence-electron chi connectivity index (χ3n) is 3.78. The van der Waals surface area contributed by atoms with E-state index in [1.165, 1.54) is 0 Å². The summed E-state index contributed by atoms with van der Waals surface area (Å²) >= 11 is 3.34. The zero-order valence-electron chi connectivity index (χ0n) is 12.4. The lowest BCUT2D eigenvalue weighted by Gasteiger charge is -2.19. The van der Waals surface area contributed by atoms with Crippen LogP contribution in [0.3, 0.4) is 0 Å². The molecule has 0 heterocycles. The van der Waals surface area contributed by atoms with Crippen molar-refractivity contribution in [2.24, 2.45) is 11.7 Å². The molecule has 3 N–H and O–H groups in total. The first-order valence-electron chi connectivity index (χ1n) is 7.12. The lowest BCUT2D eigenvalue weighted by atomic mass is 10.1. The van der Waals surface area contributed by atoms with Gasteiger partial charge < -0.3 is 10.5 Å². The zero-order valence-corrected chi connectivity index (χ0v) is 15.6. The first kappa shape index (κ1) is 19.7. The van der Waals surface area contributed by atoms with Gasteiger partial charge in [-0.05, 0) is 66.4 Å². The predicted molar refractivity (Wildman–Crippen MR) is 93.1 cm³/mol. The summed E-state index contributed by atoms with van der Waals surface area (Å²) in [5.74, 6) is 0.864. The summed E-state index contributed by atoms with van der Waals surface area (Å²) in [5.41, 5.74) is 5.70. The number of rotatable bonds is 6. The highest BCUT2D eigenvalue weighted by atomic mass is 79.9. The van der Waals surface area contributed by atoms with E-state index < -0.39 is 10.0 Å². The van der Waals surface area contributed by atoms with E-state index in [2.05, 4.69) is 20.7 Å². The van der Waals surface area contributed by atoms with E-state index in [0.29, 0.717) is 23.4 Å². The second-order valence-electron chi connectivity index (χ2n) is 5.18. The van der Waals surface area contributed by atoms with Crippen molar-refractivity contribution in [1.29, 1.82) is 0 Å². The largest absolute Gasteiger partial charge is 0.493 e. The van der Waals surface area contributed by atoms with Crippen molar-refractivity contribution in [3.63, 3.8) is 0 Å². The minimum Gasteiger partial charge on any atom is -0.493 e. The molecule has 0 spiro atoms. The minimum atomic E-state index is -3.53. The Bertz CT molecular complexity index is 598. The van der Waals surface area contributed by atoms with E-state index in [-0.39, 0.29) is 29.3 Å². The lowest BCUT2D eigenvalue weighted by Crippen LogP contribution is -2.39. The molecule has 5 nitrogen and oxygen atoms in total. The summed E-state index contributed by atoms with van der Waals surface area (Å²) in [6, 6.07) is 4.73. The first-order chi connectivity index (χ1) is 9.97. The van der Waals surface area contributed by atoms with Gasteiger partial charge in [0.25, 0.3) is 0 Å². The molecule has 1 aromatic carbocycles. The molecule has 0 amide bonds. The minimum absolute atomic E-state index is 0. The van der Waals surface area contributed by atoms with E-state index >= 15 is 0 Å². The highest BCUT2D eigenvalue weighted by Crippen LogP contribution is 2.30. The maximum atomic E-state index is 12.5. The molecule has 2 rings (SSSR count). The molecule has 2 atom stereocenters. The second-order valence-corrected chi connectivity index (χ2v) is 7.75. The van der Waals surface area contributed by atoms with Gasteiger partial charge in [0.2, 0.25) is 10.0 Å². The van der Waals surface area contributed by atoms with Gasteiger partial charge in [0.15, 0.2) is 0 Å². The average molecular weight is 414 g/mol. The Labute approximate surface area is 146 Å². The molecule has 2 unspecified atom stereocenters. The Morgan fingerprint density at radius 2 is 2.14 bits per heavy atom. The van der Waals surface area contributed by atoms with Crippen LogP contribution in [0.25, 0.3) is 0 Å². The van der Waals surface area contributed by atoms with Crippen LogP contribution in [0.1, 0.15) is 26.2 Å². The maximum Gasteiger partial charge on any atom is 0.240 e. The van der Waals surface area contributed by atoms with Gasteiger partial charge in [-0.1, -0.05) is 6.42 Å². The van der Waals surface area contributed by atoms with E-state index in [1.54, 1.807) is 18.2 Å². The second kappa shape index (κ2) is 8.49. The molecular weight excluding hydrogens is 392 g/mol.